The van der Waals surface area contributed by atoms with Gasteiger partial charge in [-0.25, -0.2) is 0 Å². The van der Waals surface area contributed by atoms with Crippen LogP contribution in [0.15, 0.2) is 0 Å². The van der Waals surface area contributed by atoms with Crippen LogP contribution >= 0.6 is 0 Å². The first-order chi connectivity index (χ1) is 8.53. The van der Waals surface area contributed by atoms with Crippen LogP contribution in [-0.2, 0) is 0 Å². The van der Waals surface area contributed by atoms with Gasteiger partial charge in [-0.2, -0.15) is 0 Å². The highest BCUT2D eigenvalue weighted by atomic mass is 15.2. The Morgan fingerprint density at radius 3 is 2.56 bits per heavy atom. The molecule has 106 valence electrons. The van der Waals surface area contributed by atoms with Crippen molar-refractivity contribution in [1.29, 1.82) is 0 Å². The van der Waals surface area contributed by atoms with E-state index < -0.39 is 0 Å². The molecule has 3 unspecified atom stereocenters. The van der Waals surface area contributed by atoms with Crippen molar-refractivity contribution in [1.82, 2.24) is 4.90 Å². The maximum Gasteiger partial charge on any atom is 0.0224 e. The van der Waals surface area contributed by atoms with Gasteiger partial charge >= 0.3 is 0 Å². The molecule has 2 aliphatic rings. The van der Waals surface area contributed by atoms with E-state index in [1.165, 1.54) is 51.4 Å². The SMILES string of the molecule is CC1CCCC(CN)N1C1CCCC(C)(C)CC1. The van der Waals surface area contributed by atoms with Crippen LogP contribution in [0.1, 0.15) is 72.1 Å². The van der Waals surface area contributed by atoms with Gasteiger partial charge in [-0.1, -0.05) is 26.7 Å². The minimum absolute atomic E-state index is 0.561. The molecule has 2 nitrogen and oxygen atoms in total. The number of hydrogen-bond acceptors (Lipinski definition) is 2. The molecule has 2 heteroatoms. The number of hydrogen-bond donors (Lipinski definition) is 1. The lowest BCUT2D eigenvalue weighted by Gasteiger charge is -2.45. The molecule has 1 saturated heterocycles. The summed E-state index contributed by atoms with van der Waals surface area (Å²) in [6.07, 6.45) is 11.0. The maximum absolute atomic E-state index is 6.01. The molecule has 0 bridgehead atoms. The van der Waals surface area contributed by atoms with Crippen LogP contribution in [-0.4, -0.2) is 29.6 Å². The molecule has 1 aliphatic heterocycles. The average Bonchev–Trinajstić information content (AvgIpc) is 2.50. The third-order valence-electron chi connectivity index (χ3n) is 5.33. The van der Waals surface area contributed by atoms with Crippen LogP contribution in [0.25, 0.3) is 0 Å². The lowest BCUT2D eigenvalue weighted by molar-refractivity contribution is 0.0417. The molecule has 0 amide bonds. The summed E-state index contributed by atoms with van der Waals surface area (Å²) in [4.78, 5) is 2.80. The molecule has 2 fully saturated rings. The molecule has 1 saturated carbocycles. The van der Waals surface area contributed by atoms with Crippen molar-refractivity contribution in [3.05, 3.63) is 0 Å². The van der Waals surface area contributed by atoms with Gasteiger partial charge in [-0.15, -0.1) is 0 Å². The molecular formula is C16H32N2. The second-order valence-corrected chi connectivity index (χ2v) is 7.37. The maximum atomic E-state index is 6.01. The zero-order valence-corrected chi connectivity index (χ0v) is 12.6. The zero-order valence-electron chi connectivity index (χ0n) is 12.6. The van der Waals surface area contributed by atoms with Crippen LogP contribution in [0, 0.1) is 5.41 Å². The molecule has 0 aromatic heterocycles. The van der Waals surface area contributed by atoms with Gasteiger partial charge in [0.15, 0.2) is 0 Å². The van der Waals surface area contributed by atoms with Gasteiger partial charge in [-0.3, -0.25) is 4.90 Å². The van der Waals surface area contributed by atoms with E-state index in [-0.39, 0.29) is 0 Å². The normalized spacial score (nSPS) is 38.3. The molecule has 0 radical (unpaired) electrons. The van der Waals surface area contributed by atoms with E-state index in [0.717, 1.165) is 18.6 Å². The smallest absolute Gasteiger partial charge is 0.0224 e. The fourth-order valence-electron chi connectivity index (χ4n) is 4.15. The number of piperidine rings is 1. The standard InChI is InChI=1S/C16H32N2/c1-13-6-4-7-15(12-17)18(13)14-8-5-10-16(2,3)11-9-14/h13-15H,4-12,17H2,1-3H3. The summed E-state index contributed by atoms with van der Waals surface area (Å²) in [7, 11) is 0. The van der Waals surface area contributed by atoms with E-state index in [2.05, 4.69) is 25.7 Å². The van der Waals surface area contributed by atoms with Crippen molar-refractivity contribution in [2.24, 2.45) is 11.1 Å². The third-order valence-corrected chi connectivity index (χ3v) is 5.33. The first kappa shape index (κ1) is 14.3. The Hall–Kier alpha value is -0.0800. The molecule has 1 heterocycles. The first-order valence-electron chi connectivity index (χ1n) is 8.01. The monoisotopic (exact) mass is 252 g/mol. The Morgan fingerprint density at radius 2 is 1.83 bits per heavy atom. The van der Waals surface area contributed by atoms with Crippen molar-refractivity contribution in [3.63, 3.8) is 0 Å². The Bertz CT molecular complexity index is 262. The summed E-state index contributed by atoms with van der Waals surface area (Å²) >= 11 is 0. The molecule has 2 N–H and O–H groups in total. The van der Waals surface area contributed by atoms with Gasteiger partial charge in [0.2, 0.25) is 0 Å². The van der Waals surface area contributed by atoms with E-state index in [1.54, 1.807) is 0 Å². The lowest BCUT2D eigenvalue weighted by atomic mass is 9.85. The van der Waals surface area contributed by atoms with E-state index in [9.17, 15) is 0 Å². The van der Waals surface area contributed by atoms with Crippen molar-refractivity contribution < 1.29 is 0 Å². The van der Waals surface area contributed by atoms with Gasteiger partial charge in [0.05, 0.1) is 0 Å². The summed E-state index contributed by atoms with van der Waals surface area (Å²) in [6, 6.07) is 2.20. The molecule has 2 rings (SSSR count). The molecule has 1 aliphatic carbocycles. The Labute approximate surface area is 113 Å². The summed E-state index contributed by atoms with van der Waals surface area (Å²) in [5.41, 5.74) is 6.57. The minimum Gasteiger partial charge on any atom is -0.329 e. The summed E-state index contributed by atoms with van der Waals surface area (Å²) < 4.78 is 0. The van der Waals surface area contributed by atoms with Crippen molar-refractivity contribution in [3.8, 4) is 0 Å². The summed E-state index contributed by atoms with van der Waals surface area (Å²) in [5, 5.41) is 0. The average molecular weight is 252 g/mol. The van der Waals surface area contributed by atoms with Crippen LogP contribution in [0.4, 0.5) is 0 Å². The highest BCUT2D eigenvalue weighted by molar-refractivity contribution is 4.90. The van der Waals surface area contributed by atoms with E-state index in [0.29, 0.717) is 11.5 Å². The summed E-state index contributed by atoms with van der Waals surface area (Å²) in [5.74, 6) is 0. The van der Waals surface area contributed by atoms with Gasteiger partial charge in [0.1, 0.15) is 0 Å². The fourth-order valence-corrected chi connectivity index (χ4v) is 4.15. The number of likely N-dealkylation sites (tertiary alicyclic amines) is 1. The van der Waals surface area contributed by atoms with Crippen LogP contribution < -0.4 is 5.73 Å². The van der Waals surface area contributed by atoms with Crippen LogP contribution in [0.2, 0.25) is 0 Å². The predicted octanol–water partition coefficient (Wildman–Crippen LogP) is 3.55. The van der Waals surface area contributed by atoms with Gasteiger partial charge < -0.3 is 5.73 Å². The lowest BCUT2D eigenvalue weighted by Crippen LogP contribution is -2.53. The third kappa shape index (κ3) is 3.27. The number of nitrogens with zero attached hydrogens (tertiary/aromatic N) is 1. The van der Waals surface area contributed by atoms with E-state index >= 15 is 0 Å². The quantitative estimate of drug-likeness (QED) is 0.762. The largest absolute Gasteiger partial charge is 0.329 e. The van der Waals surface area contributed by atoms with E-state index in [4.69, 9.17) is 5.73 Å². The topological polar surface area (TPSA) is 29.3 Å². The van der Waals surface area contributed by atoms with Crippen molar-refractivity contribution in [2.75, 3.05) is 6.54 Å². The van der Waals surface area contributed by atoms with Crippen molar-refractivity contribution >= 4 is 0 Å². The Balaban J connectivity index is 2.03. The van der Waals surface area contributed by atoms with E-state index in [1.807, 2.05) is 0 Å². The van der Waals surface area contributed by atoms with Gasteiger partial charge in [0.25, 0.3) is 0 Å². The molecular weight excluding hydrogens is 220 g/mol. The van der Waals surface area contributed by atoms with Crippen molar-refractivity contribution in [2.45, 2.75) is 90.3 Å². The number of rotatable bonds is 2. The second-order valence-electron chi connectivity index (χ2n) is 7.37. The molecule has 0 aromatic carbocycles. The van der Waals surface area contributed by atoms with Crippen LogP contribution in [0.3, 0.4) is 0 Å². The number of nitrogens with two attached hydrogens (primary N) is 1. The summed E-state index contributed by atoms with van der Waals surface area (Å²) in [6.45, 7) is 8.15. The Morgan fingerprint density at radius 1 is 1.06 bits per heavy atom. The molecule has 3 atom stereocenters. The highest BCUT2D eigenvalue weighted by Crippen LogP contribution is 2.37. The second kappa shape index (κ2) is 5.92. The van der Waals surface area contributed by atoms with Crippen LogP contribution in [0.5, 0.6) is 0 Å². The molecule has 18 heavy (non-hydrogen) atoms. The van der Waals surface area contributed by atoms with Gasteiger partial charge in [0, 0.05) is 24.7 Å². The fraction of sp³-hybridized carbons (Fsp3) is 1.00. The molecule has 0 spiro atoms. The highest BCUT2D eigenvalue weighted by Gasteiger charge is 2.34. The predicted molar refractivity (Wildman–Crippen MR) is 78.6 cm³/mol. The minimum atomic E-state index is 0.561. The molecule has 0 aromatic rings. The zero-order chi connectivity index (χ0) is 13.2. The first-order valence-corrected chi connectivity index (χ1v) is 8.01. The van der Waals surface area contributed by atoms with Gasteiger partial charge in [-0.05, 0) is 50.9 Å². The Kier molecular flexibility index (Phi) is 4.71.